The molecule has 3 aromatic rings. The Balaban J connectivity index is 2.03. The number of nitro groups is 1. The summed E-state index contributed by atoms with van der Waals surface area (Å²) >= 11 is 0. The number of benzene rings is 1. The van der Waals surface area contributed by atoms with E-state index in [1.807, 2.05) is 37.3 Å². The molecule has 0 fully saturated rings. The Morgan fingerprint density at radius 3 is 2.73 bits per heavy atom. The van der Waals surface area contributed by atoms with Gasteiger partial charge in [-0.05, 0) is 19.1 Å². The van der Waals surface area contributed by atoms with Crippen LogP contribution in [0.25, 0.3) is 5.69 Å². The van der Waals surface area contributed by atoms with Crippen LogP contribution in [0, 0.1) is 17.0 Å². The number of aryl methyl sites for hydroxylation is 1. The lowest BCUT2D eigenvalue weighted by Gasteiger charge is -2.08. The lowest BCUT2D eigenvalue weighted by molar-refractivity contribution is -0.386. The van der Waals surface area contributed by atoms with Gasteiger partial charge in [0.1, 0.15) is 6.20 Å². The van der Waals surface area contributed by atoms with Gasteiger partial charge in [0.05, 0.1) is 16.3 Å². The van der Waals surface area contributed by atoms with Gasteiger partial charge in [0, 0.05) is 18.3 Å². The molecule has 7 nitrogen and oxygen atoms in total. The molecule has 0 bridgehead atoms. The number of hydrogen-bond acceptors (Lipinski definition) is 5. The lowest BCUT2D eigenvalue weighted by atomic mass is 10.3. The van der Waals surface area contributed by atoms with Gasteiger partial charge in [-0.2, -0.15) is 5.10 Å². The van der Waals surface area contributed by atoms with Crippen LogP contribution in [0.5, 0.6) is 11.6 Å². The number of ether oxygens (including phenoxy) is 1. The predicted octanol–water partition coefficient (Wildman–Crippen LogP) is 3.28. The minimum Gasteiger partial charge on any atom is -0.432 e. The van der Waals surface area contributed by atoms with E-state index in [9.17, 15) is 10.1 Å². The average molecular weight is 296 g/mol. The summed E-state index contributed by atoms with van der Waals surface area (Å²) in [7, 11) is 0. The van der Waals surface area contributed by atoms with Crippen molar-refractivity contribution in [2.24, 2.45) is 0 Å². The van der Waals surface area contributed by atoms with Gasteiger partial charge in [0.15, 0.2) is 0 Å². The van der Waals surface area contributed by atoms with Crippen LogP contribution in [-0.4, -0.2) is 19.7 Å². The lowest BCUT2D eigenvalue weighted by Crippen LogP contribution is -2.01. The molecule has 7 heteroatoms. The molecule has 0 spiro atoms. The van der Waals surface area contributed by atoms with Gasteiger partial charge in [-0.25, -0.2) is 4.68 Å². The number of aromatic nitrogens is 3. The highest BCUT2D eigenvalue weighted by atomic mass is 16.6. The molecule has 0 saturated carbocycles. The summed E-state index contributed by atoms with van der Waals surface area (Å²) in [5.41, 5.74) is 1.36. The minimum atomic E-state index is -0.529. The molecule has 110 valence electrons. The van der Waals surface area contributed by atoms with Crippen molar-refractivity contribution in [3.63, 3.8) is 0 Å². The monoisotopic (exact) mass is 296 g/mol. The summed E-state index contributed by atoms with van der Waals surface area (Å²) in [6.45, 7) is 1.83. The molecule has 2 aromatic heterocycles. The predicted molar refractivity (Wildman–Crippen MR) is 79.3 cm³/mol. The third-order valence-electron chi connectivity index (χ3n) is 2.97. The van der Waals surface area contributed by atoms with Crippen LogP contribution >= 0.6 is 0 Å². The zero-order chi connectivity index (χ0) is 15.5. The van der Waals surface area contributed by atoms with Crippen molar-refractivity contribution in [1.82, 2.24) is 14.8 Å². The van der Waals surface area contributed by atoms with Crippen molar-refractivity contribution in [2.45, 2.75) is 6.92 Å². The van der Waals surface area contributed by atoms with Crippen molar-refractivity contribution in [1.29, 1.82) is 0 Å². The van der Waals surface area contributed by atoms with E-state index in [4.69, 9.17) is 4.74 Å². The van der Waals surface area contributed by atoms with E-state index in [2.05, 4.69) is 10.1 Å². The second-order valence-corrected chi connectivity index (χ2v) is 4.57. The number of pyridine rings is 1. The molecule has 22 heavy (non-hydrogen) atoms. The number of hydrogen-bond donors (Lipinski definition) is 0. The Hall–Kier alpha value is -3.22. The summed E-state index contributed by atoms with van der Waals surface area (Å²) in [5, 5.41) is 15.4. The highest BCUT2D eigenvalue weighted by Gasteiger charge is 2.18. The Kier molecular flexibility index (Phi) is 3.53. The molecule has 0 aliphatic heterocycles. The van der Waals surface area contributed by atoms with Gasteiger partial charge in [-0.3, -0.25) is 15.1 Å². The second kappa shape index (κ2) is 5.65. The molecule has 0 aliphatic carbocycles. The van der Waals surface area contributed by atoms with Crippen molar-refractivity contribution in [3.05, 3.63) is 70.7 Å². The standard InChI is InChI=1S/C15H12N4O3/c1-11-9-15(18(17-11)12-5-3-2-4-6-12)22-14-7-8-16-10-13(14)19(20)21/h2-10H,1H3. The molecule has 0 aliphatic rings. The van der Waals surface area contributed by atoms with Crippen LogP contribution in [0.4, 0.5) is 5.69 Å². The molecule has 0 unspecified atom stereocenters. The van der Waals surface area contributed by atoms with Gasteiger partial charge >= 0.3 is 5.69 Å². The summed E-state index contributed by atoms with van der Waals surface area (Å²) in [5.74, 6) is 0.523. The Morgan fingerprint density at radius 1 is 1.23 bits per heavy atom. The van der Waals surface area contributed by atoms with Gasteiger partial charge in [0.2, 0.25) is 11.6 Å². The first kappa shape index (κ1) is 13.7. The fraction of sp³-hybridized carbons (Fsp3) is 0.0667. The smallest absolute Gasteiger partial charge is 0.329 e. The van der Waals surface area contributed by atoms with Crippen molar-refractivity contribution in [2.75, 3.05) is 0 Å². The van der Waals surface area contributed by atoms with E-state index >= 15 is 0 Å². The maximum absolute atomic E-state index is 11.0. The van der Waals surface area contributed by atoms with E-state index in [1.54, 1.807) is 10.7 Å². The topological polar surface area (TPSA) is 83.1 Å². The zero-order valence-corrected chi connectivity index (χ0v) is 11.7. The molecular weight excluding hydrogens is 284 g/mol. The highest BCUT2D eigenvalue weighted by Crippen LogP contribution is 2.31. The maximum atomic E-state index is 11.0. The molecule has 0 N–H and O–H groups in total. The Morgan fingerprint density at radius 2 is 2.00 bits per heavy atom. The quantitative estimate of drug-likeness (QED) is 0.545. The molecule has 0 saturated heterocycles. The molecule has 1 aromatic carbocycles. The van der Waals surface area contributed by atoms with Gasteiger partial charge in [-0.1, -0.05) is 18.2 Å². The SMILES string of the molecule is Cc1cc(Oc2ccncc2[N+](=O)[O-])n(-c2ccccc2)n1. The first-order valence-corrected chi connectivity index (χ1v) is 6.53. The number of rotatable bonds is 4. The van der Waals surface area contributed by atoms with Crippen LogP contribution in [0.15, 0.2) is 54.9 Å². The molecule has 3 rings (SSSR count). The van der Waals surface area contributed by atoms with Gasteiger partial charge in [0.25, 0.3) is 0 Å². The molecule has 0 radical (unpaired) electrons. The second-order valence-electron chi connectivity index (χ2n) is 4.57. The van der Waals surface area contributed by atoms with Crippen LogP contribution < -0.4 is 4.74 Å². The van der Waals surface area contributed by atoms with Crippen molar-refractivity contribution < 1.29 is 9.66 Å². The first-order valence-electron chi connectivity index (χ1n) is 6.53. The Labute approximate surface area is 126 Å². The molecular formula is C15H12N4O3. The van der Waals surface area contributed by atoms with Crippen LogP contribution in [0.2, 0.25) is 0 Å². The largest absolute Gasteiger partial charge is 0.432 e. The fourth-order valence-electron chi connectivity index (χ4n) is 2.01. The highest BCUT2D eigenvalue weighted by molar-refractivity contribution is 5.46. The van der Waals surface area contributed by atoms with E-state index in [-0.39, 0.29) is 11.4 Å². The van der Waals surface area contributed by atoms with E-state index in [1.165, 1.54) is 12.3 Å². The average Bonchev–Trinajstić information content (AvgIpc) is 2.89. The van der Waals surface area contributed by atoms with Crippen molar-refractivity contribution in [3.8, 4) is 17.3 Å². The normalized spacial score (nSPS) is 10.4. The van der Waals surface area contributed by atoms with Crippen LogP contribution in [0.3, 0.4) is 0 Å². The molecule has 2 heterocycles. The molecule has 0 amide bonds. The third-order valence-corrected chi connectivity index (χ3v) is 2.97. The fourth-order valence-corrected chi connectivity index (χ4v) is 2.01. The maximum Gasteiger partial charge on any atom is 0.329 e. The Bertz CT molecular complexity index is 815. The van der Waals surface area contributed by atoms with Crippen LogP contribution in [0.1, 0.15) is 5.69 Å². The van der Waals surface area contributed by atoms with E-state index < -0.39 is 4.92 Å². The van der Waals surface area contributed by atoms with E-state index in [0.29, 0.717) is 5.88 Å². The summed E-state index contributed by atoms with van der Waals surface area (Å²) in [4.78, 5) is 14.3. The van der Waals surface area contributed by atoms with Gasteiger partial charge in [-0.15, -0.1) is 0 Å². The zero-order valence-electron chi connectivity index (χ0n) is 11.7. The first-order chi connectivity index (χ1) is 10.6. The summed E-state index contributed by atoms with van der Waals surface area (Å²) in [6, 6.07) is 12.6. The molecule has 0 atom stereocenters. The summed E-state index contributed by atoms with van der Waals surface area (Å²) in [6.07, 6.45) is 2.60. The minimum absolute atomic E-state index is 0.122. The van der Waals surface area contributed by atoms with E-state index in [0.717, 1.165) is 17.6 Å². The third kappa shape index (κ3) is 2.64. The van der Waals surface area contributed by atoms with Crippen molar-refractivity contribution >= 4 is 5.69 Å². The number of nitrogens with zero attached hydrogens (tertiary/aromatic N) is 4. The summed E-state index contributed by atoms with van der Waals surface area (Å²) < 4.78 is 7.29. The van der Waals surface area contributed by atoms with Crippen LogP contribution in [-0.2, 0) is 0 Å². The number of para-hydroxylation sites is 1. The van der Waals surface area contributed by atoms with Gasteiger partial charge < -0.3 is 4.74 Å².